The van der Waals surface area contributed by atoms with Crippen LogP contribution in [0.1, 0.15) is 18.4 Å². The Balaban J connectivity index is 2.43. The van der Waals surface area contributed by atoms with Gasteiger partial charge in [0.2, 0.25) is 5.91 Å². The van der Waals surface area contributed by atoms with Crippen molar-refractivity contribution in [3.8, 4) is 0 Å². The van der Waals surface area contributed by atoms with Gasteiger partial charge >= 0.3 is 0 Å². The quantitative estimate of drug-likeness (QED) is 0.833. The minimum Gasteiger partial charge on any atom is -0.369 e. The number of rotatable bonds is 2. The first-order chi connectivity index (χ1) is 6.56. The first-order valence-corrected chi connectivity index (χ1v) is 5.07. The van der Waals surface area contributed by atoms with E-state index >= 15 is 0 Å². The smallest absolute Gasteiger partial charge is 0.228 e. The van der Waals surface area contributed by atoms with Crippen molar-refractivity contribution in [1.29, 1.82) is 0 Å². The number of amides is 1. The van der Waals surface area contributed by atoms with Gasteiger partial charge in [-0.25, -0.2) is 0 Å². The minimum absolute atomic E-state index is 0.282. The summed E-state index contributed by atoms with van der Waals surface area (Å²) < 4.78 is 0. The maximum absolute atomic E-state index is 11.2. The molecule has 2 rings (SSSR count). The van der Waals surface area contributed by atoms with Crippen molar-refractivity contribution in [2.24, 2.45) is 5.73 Å². The number of hydrogen-bond acceptors (Lipinski definition) is 1. The molecule has 0 bridgehead atoms. The van der Waals surface area contributed by atoms with Crippen molar-refractivity contribution in [2.45, 2.75) is 18.3 Å². The predicted octanol–water partition coefficient (Wildman–Crippen LogP) is 2.51. The third kappa shape index (κ3) is 1.39. The zero-order chi connectivity index (χ0) is 10.3. The lowest BCUT2D eigenvalue weighted by Crippen LogP contribution is -2.28. The van der Waals surface area contributed by atoms with Crippen molar-refractivity contribution < 1.29 is 4.79 Å². The summed E-state index contributed by atoms with van der Waals surface area (Å²) in [5.41, 5.74) is 5.73. The standard InChI is InChI=1S/C10H9Cl2NO/c11-7-2-1-6(5-8(7)12)10(3-4-10)9(13)14/h1-2,5H,3-4H2,(H2,13,14). The van der Waals surface area contributed by atoms with Crippen molar-refractivity contribution >= 4 is 29.1 Å². The van der Waals surface area contributed by atoms with Gasteiger partial charge in [-0.15, -0.1) is 0 Å². The third-order valence-corrected chi connectivity index (χ3v) is 3.43. The van der Waals surface area contributed by atoms with E-state index in [2.05, 4.69) is 0 Å². The van der Waals surface area contributed by atoms with Crippen LogP contribution in [-0.4, -0.2) is 5.91 Å². The molecule has 74 valence electrons. The second-order valence-electron chi connectivity index (χ2n) is 3.58. The molecular weight excluding hydrogens is 221 g/mol. The van der Waals surface area contributed by atoms with E-state index in [0.717, 1.165) is 18.4 Å². The summed E-state index contributed by atoms with van der Waals surface area (Å²) in [4.78, 5) is 11.2. The van der Waals surface area contributed by atoms with Crippen LogP contribution in [0.25, 0.3) is 0 Å². The number of carbonyl (C=O) groups excluding carboxylic acids is 1. The lowest BCUT2D eigenvalue weighted by Gasteiger charge is -2.11. The maximum Gasteiger partial charge on any atom is 0.228 e. The summed E-state index contributed by atoms with van der Waals surface area (Å²) in [6.45, 7) is 0. The van der Waals surface area contributed by atoms with E-state index in [9.17, 15) is 4.79 Å². The Labute approximate surface area is 92.0 Å². The van der Waals surface area contributed by atoms with E-state index in [1.54, 1.807) is 12.1 Å². The zero-order valence-corrected chi connectivity index (χ0v) is 8.90. The monoisotopic (exact) mass is 229 g/mol. The summed E-state index contributed by atoms with van der Waals surface area (Å²) in [6.07, 6.45) is 1.61. The van der Waals surface area contributed by atoms with Crippen LogP contribution in [0.4, 0.5) is 0 Å². The van der Waals surface area contributed by atoms with Gasteiger partial charge in [0.25, 0.3) is 0 Å². The fraction of sp³-hybridized carbons (Fsp3) is 0.300. The lowest BCUT2D eigenvalue weighted by atomic mass is 9.95. The normalized spacial score (nSPS) is 17.9. The summed E-state index contributed by atoms with van der Waals surface area (Å²) in [6, 6.07) is 5.23. The van der Waals surface area contributed by atoms with Crippen LogP contribution in [0.15, 0.2) is 18.2 Å². The zero-order valence-electron chi connectivity index (χ0n) is 7.39. The average molecular weight is 230 g/mol. The molecule has 1 fully saturated rings. The van der Waals surface area contributed by atoms with Gasteiger partial charge in [-0.05, 0) is 30.5 Å². The number of primary amides is 1. The fourth-order valence-corrected chi connectivity index (χ4v) is 1.89. The first-order valence-electron chi connectivity index (χ1n) is 4.32. The van der Waals surface area contributed by atoms with E-state index in [4.69, 9.17) is 28.9 Å². The van der Waals surface area contributed by atoms with E-state index in [1.165, 1.54) is 0 Å². The van der Waals surface area contributed by atoms with Crippen LogP contribution >= 0.6 is 23.2 Å². The SMILES string of the molecule is NC(=O)C1(c2ccc(Cl)c(Cl)c2)CC1. The second-order valence-corrected chi connectivity index (χ2v) is 4.39. The van der Waals surface area contributed by atoms with E-state index in [1.807, 2.05) is 6.07 Å². The lowest BCUT2D eigenvalue weighted by molar-refractivity contribution is -0.120. The highest BCUT2D eigenvalue weighted by Crippen LogP contribution is 2.48. The Morgan fingerprint density at radius 3 is 2.36 bits per heavy atom. The first kappa shape index (κ1) is 9.81. The van der Waals surface area contributed by atoms with E-state index in [0.29, 0.717) is 10.0 Å². The van der Waals surface area contributed by atoms with Gasteiger partial charge in [0, 0.05) is 0 Å². The molecule has 1 saturated carbocycles. The summed E-state index contributed by atoms with van der Waals surface area (Å²) >= 11 is 11.7. The molecule has 0 radical (unpaired) electrons. The van der Waals surface area contributed by atoms with E-state index < -0.39 is 5.41 Å². The molecule has 1 aromatic carbocycles. The van der Waals surface area contributed by atoms with Gasteiger partial charge in [0.15, 0.2) is 0 Å². The Bertz CT molecular complexity index is 399. The molecule has 0 aliphatic heterocycles. The largest absolute Gasteiger partial charge is 0.369 e. The molecule has 0 atom stereocenters. The highest BCUT2D eigenvalue weighted by molar-refractivity contribution is 6.42. The molecule has 2 nitrogen and oxygen atoms in total. The molecule has 1 aliphatic carbocycles. The maximum atomic E-state index is 11.2. The van der Waals surface area contributed by atoms with Crippen molar-refractivity contribution in [1.82, 2.24) is 0 Å². The molecule has 1 aromatic rings. The molecule has 0 saturated heterocycles. The second kappa shape index (κ2) is 3.14. The number of benzene rings is 1. The van der Waals surface area contributed by atoms with Gasteiger partial charge in [-0.1, -0.05) is 29.3 Å². The molecule has 2 N–H and O–H groups in total. The van der Waals surface area contributed by atoms with Crippen molar-refractivity contribution in [3.63, 3.8) is 0 Å². The molecule has 0 unspecified atom stereocenters. The molecule has 1 amide bonds. The number of nitrogens with two attached hydrogens (primary N) is 1. The Morgan fingerprint density at radius 1 is 1.29 bits per heavy atom. The summed E-state index contributed by atoms with van der Waals surface area (Å²) in [5.74, 6) is -0.282. The highest BCUT2D eigenvalue weighted by Gasteiger charge is 2.50. The molecule has 0 spiro atoms. The van der Waals surface area contributed by atoms with E-state index in [-0.39, 0.29) is 5.91 Å². The molecule has 14 heavy (non-hydrogen) atoms. The number of carbonyl (C=O) groups is 1. The van der Waals surface area contributed by atoms with Crippen LogP contribution < -0.4 is 5.73 Å². The van der Waals surface area contributed by atoms with Gasteiger partial charge in [-0.2, -0.15) is 0 Å². The van der Waals surface area contributed by atoms with Crippen molar-refractivity contribution in [3.05, 3.63) is 33.8 Å². The topological polar surface area (TPSA) is 43.1 Å². The third-order valence-electron chi connectivity index (χ3n) is 2.69. The van der Waals surface area contributed by atoms with Crippen molar-refractivity contribution in [2.75, 3.05) is 0 Å². The molecule has 1 aliphatic rings. The molecular formula is C10H9Cl2NO. The Morgan fingerprint density at radius 2 is 1.93 bits per heavy atom. The predicted molar refractivity (Wildman–Crippen MR) is 56.6 cm³/mol. The van der Waals surface area contributed by atoms with Gasteiger partial charge < -0.3 is 5.73 Å². The summed E-state index contributed by atoms with van der Waals surface area (Å²) in [5, 5.41) is 0.965. The number of hydrogen-bond donors (Lipinski definition) is 1. The highest BCUT2D eigenvalue weighted by atomic mass is 35.5. The van der Waals surface area contributed by atoms with Crippen LogP contribution in [0.5, 0.6) is 0 Å². The van der Waals surface area contributed by atoms with Crippen LogP contribution in [0, 0.1) is 0 Å². The minimum atomic E-state index is -0.478. The Hall–Kier alpha value is -0.730. The molecule has 0 heterocycles. The van der Waals surface area contributed by atoms with Gasteiger partial charge in [0.05, 0.1) is 15.5 Å². The molecule has 0 aromatic heterocycles. The fourth-order valence-electron chi connectivity index (χ4n) is 1.60. The van der Waals surface area contributed by atoms with Crippen LogP contribution in [0.2, 0.25) is 10.0 Å². The Kier molecular flexibility index (Phi) is 2.20. The summed E-state index contributed by atoms with van der Waals surface area (Å²) in [7, 11) is 0. The number of halogens is 2. The average Bonchev–Trinajstić information content (AvgIpc) is 2.90. The van der Waals surface area contributed by atoms with Gasteiger partial charge in [-0.3, -0.25) is 4.79 Å². The van der Waals surface area contributed by atoms with Crippen LogP contribution in [0.3, 0.4) is 0 Å². The van der Waals surface area contributed by atoms with Gasteiger partial charge in [0.1, 0.15) is 0 Å². The van der Waals surface area contributed by atoms with Crippen LogP contribution in [-0.2, 0) is 10.2 Å². The molecule has 4 heteroatoms.